The highest BCUT2D eigenvalue weighted by Gasteiger charge is 2.11. The van der Waals surface area contributed by atoms with Gasteiger partial charge < -0.3 is 5.32 Å². The molecule has 1 N–H and O–H groups in total. The lowest BCUT2D eigenvalue weighted by atomic mass is 10.2. The largest absolute Gasteiger partial charge is 0.366 e. The molecule has 0 unspecified atom stereocenters. The number of nitrogens with zero attached hydrogens (tertiary/aromatic N) is 5. The van der Waals surface area contributed by atoms with Crippen LogP contribution < -0.4 is 5.32 Å². The summed E-state index contributed by atoms with van der Waals surface area (Å²) in [5.41, 5.74) is 3.57. The maximum absolute atomic E-state index is 11.0. The van der Waals surface area contributed by atoms with Crippen LogP contribution in [0.25, 0.3) is 11.4 Å². The summed E-state index contributed by atoms with van der Waals surface area (Å²) in [5, 5.41) is 18.4. The van der Waals surface area contributed by atoms with E-state index in [4.69, 9.17) is 0 Å². The van der Waals surface area contributed by atoms with E-state index in [2.05, 4.69) is 20.4 Å². The normalized spacial score (nSPS) is 10.7. The Morgan fingerprint density at radius 2 is 2.04 bits per heavy atom. The van der Waals surface area contributed by atoms with Crippen molar-refractivity contribution in [3.63, 3.8) is 0 Å². The second-order valence-corrected chi connectivity index (χ2v) is 5.76. The first kappa shape index (κ1) is 16.6. The Bertz CT molecular complexity index is 935. The van der Waals surface area contributed by atoms with E-state index < -0.39 is 4.92 Å². The Hall–Kier alpha value is -3.29. The minimum absolute atomic E-state index is 0.0168. The first-order valence-electron chi connectivity index (χ1n) is 7.76. The van der Waals surface area contributed by atoms with Gasteiger partial charge in [-0.05, 0) is 13.8 Å². The summed E-state index contributed by atoms with van der Waals surface area (Å²) < 4.78 is 1.82. The second kappa shape index (κ2) is 6.68. The molecule has 0 aliphatic carbocycles. The number of rotatable bonds is 5. The molecule has 0 aliphatic heterocycles. The van der Waals surface area contributed by atoms with Gasteiger partial charge in [-0.1, -0.05) is 12.1 Å². The molecule has 0 atom stereocenters. The van der Waals surface area contributed by atoms with Crippen molar-refractivity contribution < 1.29 is 4.92 Å². The molecule has 25 heavy (non-hydrogen) atoms. The zero-order chi connectivity index (χ0) is 18.0. The molecule has 0 saturated heterocycles. The molecule has 0 aliphatic rings. The van der Waals surface area contributed by atoms with E-state index in [0.717, 1.165) is 17.0 Å². The van der Waals surface area contributed by atoms with Crippen LogP contribution in [0.2, 0.25) is 0 Å². The maximum Gasteiger partial charge on any atom is 0.270 e. The van der Waals surface area contributed by atoms with Gasteiger partial charge in [0.05, 0.1) is 11.1 Å². The quantitative estimate of drug-likeness (QED) is 0.567. The van der Waals surface area contributed by atoms with Crippen LogP contribution in [-0.2, 0) is 13.6 Å². The van der Waals surface area contributed by atoms with Crippen LogP contribution in [0, 0.1) is 24.0 Å². The monoisotopic (exact) mass is 338 g/mol. The number of aromatic nitrogens is 4. The van der Waals surface area contributed by atoms with E-state index in [9.17, 15) is 10.1 Å². The van der Waals surface area contributed by atoms with Crippen LogP contribution in [0.4, 0.5) is 11.5 Å². The Balaban J connectivity index is 1.86. The molecular weight excluding hydrogens is 320 g/mol. The Morgan fingerprint density at radius 3 is 2.72 bits per heavy atom. The summed E-state index contributed by atoms with van der Waals surface area (Å²) in [6.07, 6.45) is 1.82. The van der Waals surface area contributed by atoms with E-state index in [1.54, 1.807) is 12.1 Å². The minimum Gasteiger partial charge on any atom is -0.366 e. The average Bonchev–Trinajstić information content (AvgIpc) is 2.91. The van der Waals surface area contributed by atoms with Gasteiger partial charge in [0.25, 0.3) is 5.69 Å². The molecule has 0 amide bonds. The number of hydrogen-bond donors (Lipinski definition) is 1. The number of nitrogens with one attached hydrogen (secondary N) is 1. The van der Waals surface area contributed by atoms with E-state index in [1.165, 1.54) is 12.1 Å². The van der Waals surface area contributed by atoms with Crippen molar-refractivity contribution in [1.29, 1.82) is 0 Å². The van der Waals surface area contributed by atoms with E-state index >= 15 is 0 Å². The molecule has 8 nitrogen and oxygen atoms in total. The minimum atomic E-state index is -0.427. The molecule has 8 heteroatoms. The first-order valence-corrected chi connectivity index (χ1v) is 7.76. The molecule has 1 aromatic carbocycles. The number of hydrogen-bond acceptors (Lipinski definition) is 6. The van der Waals surface area contributed by atoms with Crippen LogP contribution >= 0.6 is 0 Å². The van der Waals surface area contributed by atoms with Crippen molar-refractivity contribution in [2.24, 2.45) is 7.05 Å². The second-order valence-electron chi connectivity index (χ2n) is 5.76. The molecule has 128 valence electrons. The van der Waals surface area contributed by atoms with Gasteiger partial charge in [-0.3, -0.25) is 14.8 Å². The van der Waals surface area contributed by atoms with Gasteiger partial charge in [0, 0.05) is 54.3 Å². The molecule has 0 fully saturated rings. The molecule has 2 heterocycles. The van der Waals surface area contributed by atoms with Gasteiger partial charge in [0.2, 0.25) is 0 Å². The van der Waals surface area contributed by atoms with Crippen molar-refractivity contribution in [2.45, 2.75) is 20.4 Å². The SMILES string of the molecule is Cc1cc(NCc2cnn(C)c2C)nc(-c2cccc([N+](=O)[O-])c2)n1. The van der Waals surface area contributed by atoms with Gasteiger partial charge in [0.1, 0.15) is 5.82 Å². The summed E-state index contributed by atoms with van der Waals surface area (Å²) in [5.74, 6) is 1.12. The van der Waals surface area contributed by atoms with Crippen molar-refractivity contribution >= 4 is 11.5 Å². The van der Waals surface area contributed by atoms with Gasteiger partial charge in [0.15, 0.2) is 5.82 Å². The topological polar surface area (TPSA) is 98.8 Å². The predicted molar refractivity (Wildman–Crippen MR) is 94.1 cm³/mol. The third-order valence-electron chi connectivity index (χ3n) is 3.97. The third kappa shape index (κ3) is 3.63. The average molecular weight is 338 g/mol. The zero-order valence-corrected chi connectivity index (χ0v) is 14.2. The summed E-state index contributed by atoms with van der Waals surface area (Å²) in [6.45, 7) is 4.46. The highest BCUT2D eigenvalue weighted by molar-refractivity contribution is 5.61. The number of anilines is 1. The van der Waals surface area contributed by atoms with Gasteiger partial charge in [-0.2, -0.15) is 5.10 Å². The molecule has 3 aromatic rings. The molecule has 0 spiro atoms. The van der Waals surface area contributed by atoms with Gasteiger partial charge in [-0.25, -0.2) is 9.97 Å². The van der Waals surface area contributed by atoms with Crippen molar-refractivity contribution in [3.8, 4) is 11.4 Å². The Kier molecular flexibility index (Phi) is 4.42. The smallest absolute Gasteiger partial charge is 0.270 e. The number of nitro benzene ring substituents is 1. The van der Waals surface area contributed by atoms with Crippen LogP contribution in [0.15, 0.2) is 36.5 Å². The fourth-order valence-corrected chi connectivity index (χ4v) is 2.45. The zero-order valence-electron chi connectivity index (χ0n) is 14.2. The highest BCUT2D eigenvalue weighted by Crippen LogP contribution is 2.22. The summed E-state index contributed by atoms with van der Waals surface area (Å²) in [4.78, 5) is 19.4. The van der Waals surface area contributed by atoms with Crippen LogP contribution in [0.5, 0.6) is 0 Å². The lowest BCUT2D eigenvalue weighted by Gasteiger charge is -2.09. The van der Waals surface area contributed by atoms with E-state index in [-0.39, 0.29) is 5.69 Å². The van der Waals surface area contributed by atoms with Crippen molar-refractivity contribution in [3.05, 3.63) is 63.6 Å². The first-order chi connectivity index (χ1) is 11.9. The molecule has 0 saturated carbocycles. The summed E-state index contributed by atoms with van der Waals surface area (Å²) in [6, 6.07) is 8.15. The van der Waals surface area contributed by atoms with Gasteiger partial charge in [-0.15, -0.1) is 0 Å². The fraction of sp³-hybridized carbons (Fsp3) is 0.235. The molecular formula is C17H18N6O2. The molecule has 0 bridgehead atoms. The van der Waals surface area contributed by atoms with Crippen LogP contribution in [0.1, 0.15) is 17.0 Å². The lowest BCUT2D eigenvalue weighted by Crippen LogP contribution is -2.05. The Labute approximate surface area is 144 Å². The van der Waals surface area contributed by atoms with E-state index in [0.29, 0.717) is 23.8 Å². The molecule has 0 radical (unpaired) electrons. The molecule has 2 aromatic heterocycles. The van der Waals surface area contributed by atoms with E-state index in [1.807, 2.05) is 37.8 Å². The Morgan fingerprint density at radius 1 is 1.24 bits per heavy atom. The van der Waals surface area contributed by atoms with Crippen molar-refractivity contribution in [1.82, 2.24) is 19.7 Å². The maximum atomic E-state index is 11.0. The molecule has 3 rings (SSSR count). The number of aryl methyl sites for hydroxylation is 2. The summed E-state index contributed by atoms with van der Waals surface area (Å²) >= 11 is 0. The van der Waals surface area contributed by atoms with Crippen LogP contribution in [-0.4, -0.2) is 24.7 Å². The third-order valence-corrected chi connectivity index (χ3v) is 3.97. The lowest BCUT2D eigenvalue weighted by molar-refractivity contribution is -0.384. The standard InChI is InChI=1S/C17H18N6O2/c1-11-7-16(18-9-14-10-19-22(3)12(14)2)21-17(20-11)13-5-4-6-15(8-13)23(24)25/h4-8,10H,9H2,1-3H3,(H,18,20,21). The number of benzene rings is 1. The summed E-state index contributed by atoms with van der Waals surface area (Å²) in [7, 11) is 1.90. The van der Waals surface area contributed by atoms with Crippen molar-refractivity contribution in [2.75, 3.05) is 5.32 Å². The highest BCUT2D eigenvalue weighted by atomic mass is 16.6. The number of non-ortho nitro benzene ring substituents is 1. The fourth-order valence-electron chi connectivity index (χ4n) is 2.45. The van der Waals surface area contributed by atoms with Gasteiger partial charge >= 0.3 is 0 Å². The van der Waals surface area contributed by atoms with Crippen LogP contribution in [0.3, 0.4) is 0 Å². The number of nitro groups is 1. The predicted octanol–water partition coefficient (Wildman–Crippen LogP) is 3.01.